The standard InChI is InChI=1S/C19H18BrFN4/c20-16-3-4-18(23-12-16)25-8-6-24(7-9-25)13-15-11-17(21)10-14-2-1-5-22-19(14)15/h1-5,10-12H,6-9,13H2. The van der Waals surface area contributed by atoms with Crippen LogP contribution >= 0.6 is 15.9 Å². The molecule has 2 aromatic heterocycles. The van der Waals surface area contributed by atoms with Crippen LogP contribution in [0.4, 0.5) is 10.2 Å². The molecule has 0 amide bonds. The molecule has 1 saturated heterocycles. The van der Waals surface area contributed by atoms with Gasteiger partial charge in [-0.05, 0) is 51.8 Å². The van der Waals surface area contributed by atoms with Crippen molar-refractivity contribution in [3.8, 4) is 0 Å². The molecule has 128 valence electrons. The Balaban J connectivity index is 1.46. The van der Waals surface area contributed by atoms with E-state index in [9.17, 15) is 4.39 Å². The lowest BCUT2D eigenvalue weighted by atomic mass is 10.1. The lowest BCUT2D eigenvalue weighted by Crippen LogP contribution is -2.46. The Kier molecular flexibility index (Phi) is 4.63. The van der Waals surface area contributed by atoms with Gasteiger partial charge in [-0.15, -0.1) is 0 Å². The van der Waals surface area contributed by atoms with Gasteiger partial charge >= 0.3 is 0 Å². The first-order valence-corrected chi connectivity index (χ1v) is 9.10. The molecule has 0 spiro atoms. The predicted octanol–water partition coefficient (Wildman–Crippen LogP) is 3.85. The van der Waals surface area contributed by atoms with Gasteiger partial charge in [-0.25, -0.2) is 9.37 Å². The second kappa shape index (κ2) is 7.06. The van der Waals surface area contributed by atoms with Crippen LogP contribution in [0, 0.1) is 5.82 Å². The highest BCUT2D eigenvalue weighted by Crippen LogP contribution is 2.22. The summed E-state index contributed by atoms with van der Waals surface area (Å²) in [6.45, 7) is 4.38. The summed E-state index contributed by atoms with van der Waals surface area (Å²) >= 11 is 3.42. The largest absolute Gasteiger partial charge is 0.354 e. The fraction of sp³-hybridized carbons (Fsp3) is 0.263. The van der Waals surface area contributed by atoms with Crippen molar-refractivity contribution in [1.29, 1.82) is 0 Å². The Morgan fingerprint density at radius 1 is 1.04 bits per heavy atom. The van der Waals surface area contributed by atoms with Gasteiger partial charge in [-0.1, -0.05) is 6.07 Å². The molecule has 6 heteroatoms. The second-order valence-corrected chi connectivity index (χ2v) is 7.15. The zero-order valence-electron chi connectivity index (χ0n) is 13.7. The first-order chi connectivity index (χ1) is 12.2. The minimum absolute atomic E-state index is 0.201. The monoisotopic (exact) mass is 400 g/mol. The van der Waals surface area contributed by atoms with Crippen LogP contribution in [-0.4, -0.2) is 41.0 Å². The Morgan fingerprint density at radius 2 is 1.88 bits per heavy atom. The van der Waals surface area contributed by atoms with E-state index in [4.69, 9.17) is 0 Å². The van der Waals surface area contributed by atoms with Crippen molar-refractivity contribution in [1.82, 2.24) is 14.9 Å². The Labute approximate surface area is 154 Å². The summed E-state index contributed by atoms with van der Waals surface area (Å²) < 4.78 is 14.9. The van der Waals surface area contributed by atoms with Gasteiger partial charge in [0.05, 0.1) is 5.52 Å². The van der Waals surface area contributed by atoms with Crippen molar-refractivity contribution in [2.75, 3.05) is 31.1 Å². The number of benzene rings is 1. The minimum atomic E-state index is -0.201. The van der Waals surface area contributed by atoms with Gasteiger partial charge in [0.25, 0.3) is 0 Å². The number of nitrogens with zero attached hydrogens (tertiary/aromatic N) is 4. The molecule has 25 heavy (non-hydrogen) atoms. The van der Waals surface area contributed by atoms with Crippen LogP contribution in [0.1, 0.15) is 5.56 Å². The van der Waals surface area contributed by atoms with Gasteiger partial charge in [-0.2, -0.15) is 0 Å². The summed E-state index contributed by atoms with van der Waals surface area (Å²) in [5.41, 5.74) is 1.84. The van der Waals surface area contributed by atoms with E-state index in [1.165, 1.54) is 0 Å². The Morgan fingerprint density at radius 3 is 2.64 bits per heavy atom. The van der Waals surface area contributed by atoms with Crippen molar-refractivity contribution in [2.45, 2.75) is 6.54 Å². The van der Waals surface area contributed by atoms with E-state index in [2.05, 4.69) is 35.7 Å². The van der Waals surface area contributed by atoms with Gasteiger partial charge in [-0.3, -0.25) is 9.88 Å². The fourth-order valence-corrected chi connectivity index (χ4v) is 3.51. The molecule has 0 saturated carbocycles. The van der Waals surface area contributed by atoms with Crippen molar-refractivity contribution >= 4 is 32.7 Å². The third kappa shape index (κ3) is 3.65. The number of anilines is 1. The zero-order chi connectivity index (χ0) is 17.2. The van der Waals surface area contributed by atoms with Gasteiger partial charge in [0.15, 0.2) is 0 Å². The van der Waals surface area contributed by atoms with Crippen LogP contribution in [0.3, 0.4) is 0 Å². The number of piperazine rings is 1. The van der Waals surface area contributed by atoms with Crippen molar-refractivity contribution in [3.63, 3.8) is 0 Å². The van der Waals surface area contributed by atoms with E-state index in [1.807, 2.05) is 30.5 Å². The zero-order valence-corrected chi connectivity index (χ0v) is 15.3. The average molecular weight is 401 g/mol. The third-order valence-electron chi connectivity index (χ3n) is 4.55. The normalized spacial score (nSPS) is 15.7. The SMILES string of the molecule is Fc1cc(CN2CCN(c3ccc(Br)cn3)CC2)c2ncccc2c1. The first-order valence-electron chi connectivity index (χ1n) is 8.31. The van der Waals surface area contributed by atoms with E-state index in [0.29, 0.717) is 6.54 Å². The number of aromatic nitrogens is 2. The van der Waals surface area contributed by atoms with Crippen LogP contribution < -0.4 is 4.90 Å². The molecule has 1 aliphatic rings. The molecule has 0 bridgehead atoms. The van der Waals surface area contributed by atoms with E-state index in [0.717, 1.165) is 52.9 Å². The molecule has 0 atom stereocenters. The highest BCUT2D eigenvalue weighted by molar-refractivity contribution is 9.10. The van der Waals surface area contributed by atoms with Gasteiger partial charge in [0.1, 0.15) is 11.6 Å². The molecule has 3 heterocycles. The molecule has 1 fully saturated rings. The van der Waals surface area contributed by atoms with Crippen molar-refractivity contribution < 1.29 is 4.39 Å². The number of halogens is 2. The second-order valence-electron chi connectivity index (χ2n) is 6.24. The maximum Gasteiger partial charge on any atom is 0.128 e. The lowest BCUT2D eigenvalue weighted by molar-refractivity contribution is 0.250. The van der Waals surface area contributed by atoms with E-state index < -0.39 is 0 Å². The van der Waals surface area contributed by atoms with Crippen LogP contribution in [0.2, 0.25) is 0 Å². The Hall–Kier alpha value is -2.05. The van der Waals surface area contributed by atoms with Gasteiger partial charge in [0, 0.05) is 55.0 Å². The van der Waals surface area contributed by atoms with Crippen molar-refractivity contribution in [3.05, 3.63) is 64.6 Å². The van der Waals surface area contributed by atoms with E-state index in [-0.39, 0.29) is 5.82 Å². The quantitative estimate of drug-likeness (QED) is 0.668. The number of hydrogen-bond acceptors (Lipinski definition) is 4. The summed E-state index contributed by atoms with van der Waals surface area (Å²) in [6, 6.07) is 10.9. The number of hydrogen-bond donors (Lipinski definition) is 0. The van der Waals surface area contributed by atoms with E-state index in [1.54, 1.807) is 18.3 Å². The fourth-order valence-electron chi connectivity index (χ4n) is 3.28. The molecule has 0 radical (unpaired) electrons. The Bertz CT molecular complexity index is 876. The van der Waals surface area contributed by atoms with Crippen LogP contribution in [0.15, 0.2) is 53.3 Å². The molecule has 4 rings (SSSR count). The number of rotatable bonds is 3. The topological polar surface area (TPSA) is 32.3 Å². The molecule has 0 N–H and O–H groups in total. The number of pyridine rings is 2. The number of fused-ring (bicyclic) bond motifs is 1. The predicted molar refractivity (Wildman–Crippen MR) is 101 cm³/mol. The molecule has 0 unspecified atom stereocenters. The smallest absolute Gasteiger partial charge is 0.128 e. The molecule has 1 aromatic carbocycles. The highest BCUT2D eigenvalue weighted by atomic mass is 79.9. The average Bonchev–Trinajstić information content (AvgIpc) is 2.63. The maximum atomic E-state index is 13.9. The summed E-state index contributed by atoms with van der Waals surface area (Å²) in [5.74, 6) is 0.800. The lowest BCUT2D eigenvalue weighted by Gasteiger charge is -2.35. The minimum Gasteiger partial charge on any atom is -0.354 e. The molecular weight excluding hydrogens is 383 g/mol. The molecular formula is C19H18BrFN4. The maximum absolute atomic E-state index is 13.9. The summed E-state index contributed by atoms with van der Waals surface area (Å²) in [7, 11) is 0. The van der Waals surface area contributed by atoms with Crippen LogP contribution in [-0.2, 0) is 6.54 Å². The van der Waals surface area contributed by atoms with Gasteiger partial charge in [0.2, 0.25) is 0 Å². The van der Waals surface area contributed by atoms with E-state index >= 15 is 0 Å². The van der Waals surface area contributed by atoms with Crippen LogP contribution in [0.25, 0.3) is 10.9 Å². The summed E-state index contributed by atoms with van der Waals surface area (Å²) in [6.07, 6.45) is 3.59. The molecule has 4 nitrogen and oxygen atoms in total. The van der Waals surface area contributed by atoms with Gasteiger partial charge < -0.3 is 4.90 Å². The van der Waals surface area contributed by atoms with Crippen molar-refractivity contribution in [2.24, 2.45) is 0 Å². The third-order valence-corrected chi connectivity index (χ3v) is 5.02. The molecule has 0 aliphatic carbocycles. The first kappa shape index (κ1) is 16.4. The highest BCUT2D eigenvalue weighted by Gasteiger charge is 2.19. The molecule has 3 aromatic rings. The summed E-state index contributed by atoms with van der Waals surface area (Å²) in [5, 5.41) is 0.857. The molecule has 1 aliphatic heterocycles. The summed E-state index contributed by atoms with van der Waals surface area (Å²) in [4.78, 5) is 13.5. The van der Waals surface area contributed by atoms with Crippen LogP contribution in [0.5, 0.6) is 0 Å².